The van der Waals surface area contributed by atoms with Crippen molar-refractivity contribution in [2.75, 3.05) is 25.0 Å². The van der Waals surface area contributed by atoms with Gasteiger partial charge in [-0.1, -0.05) is 0 Å². The molecule has 2 fully saturated rings. The van der Waals surface area contributed by atoms with Crippen LogP contribution in [-0.2, 0) is 17.1 Å². The third kappa shape index (κ3) is 5.88. The number of nitrogens with one attached hydrogen (secondary N) is 2. The lowest BCUT2D eigenvalue weighted by Crippen LogP contribution is -2.62. The summed E-state index contributed by atoms with van der Waals surface area (Å²) in [7, 11) is 0. The molecule has 0 radical (unpaired) electrons. The number of aromatic nitrogens is 2. The second-order valence-electron chi connectivity index (χ2n) is 9.76. The topological polar surface area (TPSA) is 70.2 Å². The highest BCUT2D eigenvalue weighted by Gasteiger charge is 2.37. The lowest BCUT2D eigenvalue weighted by molar-refractivity contribution is -0.141. The number of nitrogens with zero attached hydrogens (tertiary/aromatic N) is 3. The second-order valence-corrected chi connectivity index (χ2v) is 10.7. The zero-order valence-corrected chi connectivity index (χ0v) is 20.9. The van der Waals surface area contributed by atoms with Gasteiger partial charge >= 0.3 is 12.4 Å². The normalized spacial score (nSPS) is 21.3. The van der Waals surface area contributed by atoms with E-state index in [1.54, 1.807) is 11.3 Å². The number of carbonyl (C=O) groups excluding carboxylic acids is 1. The van der Waals surface area contributed by atoms with Gasteiger partial charge in [-0.2, -0.15) is 26.3 Å². The van der Waals surface area contributed by atoms with Crippen LogP contribution in [0.5, 0.6) is 0 Å². The summed E-state index contributed by atoms with van der Waals surface area (Å²) in [6.45, 7) is 0.989. The van der Waals surface area contributed by atoms with Crippen LogP contribution in [0.4, 0.5) is 32.0 Å². The van der Waals surface area contributed by atoms with Gasteiger partial charge in [-0.05, 0) is 55.9 Å². The molecule has 3 heterocycles. The first-order valence-electron chi connectivity index (χ1n) is 12.2. The van der Waals surface area contributed by atoms with Crippen molar-refractivity contribution in [1.29, 1.82) is 0 Å². The number of likely N-dealkylation sites (tertiary alicyclic amines) is 1. The van der Waals surface area contributed by atoms with Crippen LogP contribution in [0, 0.1) is 0 Å². The third-order valence-corrected chi connectivity index (χ3v) is 8.15. The van der Waals surface area contributed by atoms with Crippen LogP contribution in [0.3, 0.4) is 0 Å². The highest BCUT2D eigenvalue weighted by Crippen LogP contribution is 2.38. The van der Waals surface area contributed by atoms with Crippen molar-refractivity contribution in [3.63, 3.8) is 0 Å². The number of halogens is 6. The van der Waals surface area contributed by atoms with E-state index in [0.29, 0.717) is 37.2 Å². The molecule has 1 saturated carbocycles. The monoisotopic (exact) mass is 557 g/mol. The first kappa shape index (κ1) is 26.7. The molecule has 0 unspecified atom stereocenters. The van der Waals surface area contributed by atoms with Gasteiger partial charge in [-0.25, -0.2) is 4.98 Å². The van der Waals surface area contributed by atoms with Crippen LogP contribution in [0.15, 0.2) is 36.0 Å². The van der Waals surface area contributed by atoms with Crippen LogP contribution in [0.1, 0.15) is 47.7 Å². The van der Waals surface area contributed by atoms with Crippen molar-refractivity contribution in [3.8, 4) is 0 Å². The Morgan fingerprint density at radius 3 is 2.39 bits per heavy atom. The van der Waals surface area contributed by atoms with Crippen LogP contribution in [0.2, 0.25) is 0 Å². The number of thiazole rings is 1. The van der Waals surface area contributed by atoms with Crippen LogP contribution in [-0.4, -0.2) is 52.5 Å². The fourth-order valence-corrected chi connectivity index (χ4v) is 6.00. The van der Waals surface area contributed by atoms with Gasteiger partial charge in [-0.15, -0.1) is 11.3 Å². The quantitative estimate of drug-likeness (QED) is 0.383. The van der Waals surface area contributed by atoms with Crippen LogP contribution < -0.4 is 10.6 Å². The molecule has 1 aliphatic carbocycles. The summed E-state index contributed by atoms with van der Waals surface area (Å²) in [5.41, 5.74) is -0.917. The van der Waals surface area contributed by atoms with Gasteiger partial charge in [0.15, 0.2) is 0 Å². The molecule has 0 bridgehead atoms. The fraction of sp³-hybridized carbons (Fsp3) is 0.480. The second kappa shape index (κ2) is 10.3. The van der Waals surface area contributed by atoms with Gasteiger partial charge < -0.3 is 10.6 Å². The molecule has 2 N–H and O–H groups in total. The van der Waals surface area contributed by atoms with E-state index in [2.05, 4.69) is 25.5 Å². The molecular formula is C25H25F6N5OS. The van der Waals surface area contributed by atoms with Crippen molar-refractivity contribution in [2.45, 2.75) is 56.0 Å². The molecule has 13 heteroatoms. The summed E-state index contributed by atoms with van der Waals surface area (Å²) in [5.74, 6) is 0.102. The Morgan fingerprint density at radius 1 is 1.03 bits per heavy atom. The van der Waals surface area contributed by atoms with Crippen molar-refractivity contribution in [2.24, 2.45) is 0 Å². The minimum Gasteiger partial charge on any atom is -0.376 e. The van der Waals surface area contributed by atoms with Gasteiger partial charge in [0.1, 0.15) is 5.69 Å². The molecule has 5 rings (SSSR count). The van der Waals surface area contributed by atoms with Crippen molar-refractivity contribution in [1.82, 2.24) is 20.2 Å². The SMILES string of the molecule is O=C(CNc1cc(C(F)(F)F)nc2ccc(C(F)(F)F)cc12)NC1CN(C2CCC(c3cncs3)CC2)C1. The summed E-state index contributed by atoms with van der Waals surface area (Å²) in [4.78, 5) is 23.8. The van der Waals surface area contributed by atoms with E-state index in [4.69, 9.17) is 0 Å². The fourth-order valence-electron chi connectivity index (χ4n) is 5.20. The predicted octanol–water partition coefficient (Wildman–Crippen LogP) is 5.67. The first-order valence-corrected chi connectivity index (χ1v) is 13.1. The third-order valence-electron chi connectivity index (χ3n) is 7.21. The largest absolute Gasteiger partial charge is 0.433 e. The average molecular weight is 558 g/mol. The number of hydrogen-bond donors (Lipinski definition) is 2. The van der Waals surface area contributed by atoms with E-state index < -0.39 is 29.5 Å². The molecule has 6 nitrogen and oxygen atoms in total. The number of hydrogen-bond acceptors (Lipinski definition) is 6. The smallest absolute Gasteiger partial charge is 0.376 e. The highest BCUT2D eigenvalue weighted by molar-refractivity contribution is 7.09. The van der Waals surface area contributed by atoms with Gasteiger partial charge in [0.25, 0.3) is 0 Å². The zero-order valence-electron chi connectivity index (χ0n) is 20.1. The minimum atomic E-state index is -4.80. The molecule has 1 aliphatic heterocycles. The molecule has 204 valence electrons. The Kier molecular flexibility index (Phi) is 7.25. The van der Waals surface area contributed by atoms with E-state index in [-0.39, 0.29) is 29.2 Å². The molecule has 0 atom stereocenters. The maximum absolute atomic E-state index is 13.3. The van der Waals surface area contributed by atoms with Crippen LogP contribution >= 0.6 is 11.3 Å². The number of anilines is 1. The number of benzene rings is 1. The first-order chi connectivity index (χ1) is 18.0. The molecule has 2 aromatic heterocycles. The van der Waals surface area contributed by atoms with Gasteiger partial charge in [0.05, 0.1) is 29.2 Å². The summed E-state index contributed by atoms with van der Waals surface area (Å²) < 4.78 is 79.5. The lowest BCUT2D eigenvalue weighted by atomic mass is 9.83. The molecule has 0 spiro atoms. The van der Waals surface area contributed by atoms with Crippen molar-refractivity contribution in [3.05, 3.63) is 52.1 Å². The van der Waals surface area contributed by atoms with Crippen molar-refractivity contribution >= 4 is 33.8 Å². The number of rotatable bonds is 6. The van der Waals surface area contributed by atoms with E-state index in [0.717, 1.165) is 37.8 Å². The zero-order chi connectivity index (χ0) is 27.1. The Morgan fingerprint density at radius 2 is 1.76 bits per heavy atom. The Labute approximate surface area is 218 Å². The average Bonchev–Trinajstić information content (AvgIpc) is 3.38. The minimum absolute atomic E-state index is 0.0831. The molecule has 1 saturated heterocycles. The van der Waals surface area contributed by atoms with Gasteiger partial charge in [0, 0.05) is 41.3 Å². The maximum atomic E-state index is 13.3. The highest BCUT2D eigenvalue weighted by atomic mass is 32.1. The summed E-state index contributed by atoms with van der Waals surface area (Å²) in [5, 5.41) is 5.29. The number of pyridine rings is 1. The number of fused-ring (bicyclic) bond motifs is 1. The van der Waals surface area contributed by atoms with Crippen molar-refractivity contribution < 1.29 is 31.1 Å². The molecular weight excluding hydrogens is 532 g/mol. The lowest BCUT2D eigenvalue weighted by Gasteiger charge is -2.46. The van der Waals surface area contributed by atoms with Gasteiger partial charge in [-0.3, -0.25) is 14.7 Å². The van der Waals surface area contributed by atoms with Gasteiger partial charge in [0.2, 0.25) is 5.91 Å². The van der Waals surface area contributed by atoms with E-state index in [9.17, 15) is 31.1 Å². The Balaban J connectivity index is 1.17. The summed E-state index contributed by atoms with van der Waals surface area (Å²) in [6, 6.07) is 3.31. The summed E-state index contributed by atoms with van der Waals surface area (Å²) >= 11 is 1.69. The van der Waals surface area contributed by atoms with Crippen LogP contribution in [0.25, 0.3) is 10.9 Å². The number of alkyl halides is 6. The summed E-state index contributed by atoms with van der Waals surface area (Å²) in [6.07, 6.45) is -3.21. The Hall–Kier alpha value is -2.93. The predicted molar refractivity (Wildman–Crippen MR) is 131 cm³/mol. The molecule has 1 aromatic carbocycles. The maximum Gasteiger partial charge on any atom is 0.433 e. The van der Waals surface area contributed by atoms with E-state index >= 15 is 0 Å². The van der Waals surface area contributed by atoms with E-state index in [1.807, 2.05) is 11.7 Å². The van der Waals surface area contributed by atoms with E-state index in [1.165, 1.54) is 4.88 Å². The standard InChI is InChI=1S/C25H25F6N5OS/c26-24(27,28)15-3-6-19-18(7-15)20(8-22(35-19)25(29,30)31)33-10-23(37)34-16-11-36(12-16)17-4-1-14(2-5-17)21-9-32-13-38-21/h3,6-9,13-14,16-17H,1-2,4-5,10-12H2,(H,33,35)(H,34,37). The molecule has 38 heavy (non-hydrogen) atoms. The molecule has 1 amide bonds. The number of amides is 1. The Bertz CT molecular complexity index is 1280. The number of carbonyl (C=O) groups is 1. The molecule has 3 aromatic rings. The molecule has 2 aliphatic rings.